The minimum atomic E-state index is -1.83. The highest BCUT2D eigenvalue weighted by Crippen LogP contribution is 2.24. The summed E-state index contributed by atoms with van der Waals surface area (Å²) in [6.07, 6.45) is 4.21. The van der Waals surface area contributed by atoms with Gasteiger partial charge in [0.15, 0.2) is 22.2 Å². The van der Waals surface area contributed by atoms with Gasteiger partial charge in [0.25, 0.3) is 5.59 Å². The Labute approximate surface area is 146 Å². The molecule has 0 fully saturated rings. The molecule has 0 heterocycles. The Kier molecular flexibility index (Phi) is 7.77. The minimum Gasteiger partial charge on any atom is -0.459 e. The molecule has 0 saturated heterocycles. The van der Waals surface area contributed by atoms with Crippen LogP contribution in [-0.4, -0.2) is 45.6 Å². The van der Waals surface area contributed by atoms with E-state index in [1.807, 2.05) is 25.7 Å². The fraction of sp³-hybridized carbons (Fsp3) is 0.750. The van der Waals surface area contributed by atoms with Crippen molar-refractivity contribution in [2.75, 3.05) is 11.7 Å². The second kappa shape index (κ2) is 8.64. The smallest absolute Gasteiger partial charge is 0.272 e. The van der Waals surface area contributed by atoms with E-state index in [0.717, 1.165) is 24.2 Å². The maximum absolute atomic E-state index is 12.0. The van der Waals surface area contributed by atoms with Crippen LogP contribution in [0.25, 0.3) is 0 Å². The van der Waals surface area contributed by atoms with Crippen molar-refractivity contribution >= 4 is 39.5 Å². The second-order valence-electron chi connectivity index (χ2n) is 7.90. The molecule has 23 heavy (non-hydrogen) atoms. The van der Waals surface area contributed by atoms with Crippen LogP contribution in [-0.2, 0) is 14.0 Å². The van der Waals surface area contributed by atoms with Gasteiger partial charge in [0.1, 0.15) is 5.94 Å². The maximum atomic E-state index is 12.0. The molecule has 0 aromatic rings. The van der Waals surface area contributed by atoms with Crippen LogP contribution in [0.1, 0.15) is 19.3 Å². The molecule has 0 aliphatic heterocycles. The maximum Gasteiger partial charge on any atom is 0.272 e. The lowest BCUT2D eigenvalue weighted by atomic mass is 10.1. The van der Waals surface area contributed by atoms with Gasteiger partial charge in [-0.2, -0.15) is 0 Å². The third-order valence-corrected chi connectivity index (χ3v) is 6.50. The number of allylic oxidation sites excluding steroid dienone is 1. The number of ketones is 1. The molecule has 132 valence electrons. The van der Waals surface area contributed by atoms with Crippen LogP contribution >= 0.6 is 11.8 Å². The number of rotatable bonds is 9. The number of carbonyl (C=O) groups excluding carboxylic acids is 2. The van der Waals surface area contributed by atoms with E-state index in [4.69, 9.17) is 9.16 Å². The summed E-state index contributed by atoms with van der Waals surface area (Å²) in [5.74, 6) is 1.53. The topological polar surface area (TPSA) is 52.6 Å². The van der Waals surface area contributed by atoms with Crippen molar-refractivity contribution in [3.8, 4) is 0 Å². The summed E-state index contributed by atoms with van der Waals surface area (Å²) in [6.45, 7) is 12.4. The van der Waals surface area contributed by atoms with Gasteiger partial charge in [-0.05, 0) is 49.9 Å². The zero-order chi connectivity index (χ0) is 17.7. The fourth-order valence-corrected chi connectivity index (χ4v) is 4.50. The Morgan fingerprint density at radius 1 is 1.26 bits per heavy atom. The van der Waals surface area contributed by atoms with E-state index in [1.165, 1.54) is 0 Å². The number of thioether (sulfide) groups is 1. The molecule has 0 bridgehead atoms. The highest BCUT2D eigenvalue weighted by atomic mass is 32.2. The van der Waals surface area contributed by atoms with Crippen molar-refractivity contribution in [1.82, 2.24) is 0 Å². The molecule has 1 unspecified atom stereocenters. The van der Waals surface area contributed by atoms with E-state index in [-0.39, 0.29) is 17.5 Å². The number of hydrogen-bond donors (Lipinski definition) is 0. The molecule has 0 saturated carbocycles. The third-order valence-electron chi connectivity index (χ3n) is 3.26. The van der Waals surface area contributed by atoms with E-state index in [9.17, 15) is 9.59 Å². The second-order valence-corrected chi connectivity index (χ2v) is 18.3. The molecule has 1 aliphatic rings. The quantitative estimate of drug-likeness (QED) is 0.334. The van der Waals surface area contributed by atoms with E-state index in [2.05, 4.69) is 19.6 Å². The van der Waals surface area contributed by atoms with Crippen molar-refractivity contribution in [2.24, 2.45) is 0 Å². The molecule has 4 nitrogen and oxygen atoms in total. The van der Waals surface area contributed by atoms with Crippen molar-refractivity contribution < 1.29 is 18.8 Å². The van der Waals surface area contributed by atoms with Gasteiger partial charge in [0.2, 0.25) is 0 Å². The fourth-order valence-electron chi connectivity index (χ4n) is 2.18. The number of ether oxygens (including phenoxy) is 1. The van der Waals surface area contributed by atoms with Gasteiger partial charge < -0.3 is 9.16 Å². The van der Waals surface area contributed by atoms with Crippen LogP contribution in [0.2, 0.25) is 39.3 Å². The van der Waals surface area contributed by atoms with Crippen LogP contribution in [0.4, 0.5) is 4.79 Å². The van der Waals surface area contributed by atoms with Gasteiger partial charge in [-0.15, -0.1) is 11.8 Å². The largest absolute Gasteiger partial charge is 0.459 e. The van der Waals surface area contributed by atoms with E-state index < -0.39 is 16.4 Å². The lowest BCUT2D eigenvalue weighted by molar-refractivity contribution is -0.115. The molecular weight excluding hydrogens is 344 g/mol. The Hall–Kier alpha value is -0.376. The van der Waals surface area contributed by atoms with E-state index in [1.54, 1.807) is 11.8 Å². The van der Waals surface area contributed by atoms with E-state index >= 15 is 0 Å². The first-order valence-corrected chi connectivity index (χ1v) is 16.2. The average Bonchev–Trinajstić information content (AvgIpc) is 2.70. The first-order valence-electron chi connectivity index (χ1n) is 8.16. The predicted octanol–water partition coefficient (Wildman–Crippen LogP) is 4.63. The molecule has 0 radical (unpaired) electrons. The molecular formula is C16H30O4SSi2. The summed E-state index contributed by atoms with van der Waals surface area (Å²) in [4.78, 5) is 23.6. The molecule has 1 atom stereocenters. The lowest BCUT2D eigenvalue weighted by Gasteiger charge is -2.21. The van der Waals surface area contributed by atoms with Crippen molar-refractivity contribution in [3.63, 3.8) is 0 Å². The van der Waals surface area contributed by atoms with Crippen LogP contribution in [0.15, 0.2) is 11.6 Å². The molecule has 1 rings (SSSR count). The number of Topliss-reactive ketones (excluding diaryl/α,β-unsaturated/α-hetero) is 1. The Balaban J connectivity index is 2.22. The van der Waals surface area contributed by atoms with Crippen LogP contribution in [0.5, 0.6) is 0 Å². The summed E-state index contributed by atoms with van der Waals surface area (Å²) in [5.41, 5.74) is 0.873. The van der Waals surface area contributed by atoms with Gasteiger partial charge in [0.05, 0.1) is 6.10 Å². The standard InChI is InChI=1S/C16H30O4SSi2/c1-22(2,3)16(18)19-12-21-9-7-8-13-10-14(11-15(13)17)20-23(4,5)6/h10,14H,7-9,11-12H2,1-6H3. The molecule has 1 aliphatic carbocycles. The molecule has 0 spiro atoms. The lowest BCUT2D eigenvalue weighted by Crippen LogP contribution is -2.33. The van der Waals surface area contributed by atoms with Gasteiger partial charge in [-0.1, -0.05) is 19.6 Å². The average molecular weight is 375 g/mol. The van der Waals surface area contributed by atoms with Crippen molar-refractivity contribution in [3.05, 3.63) is 11.6 Å². The Morgan fingerprint density at radius 3 is 2.48 bits per heavy atom. The van der Waals surface area contributed by atoms with Crippen LogP contribution < -0.4 is 0 Å². The van der Waals surface area contributed by atoms with Gasteiger partial charge in [0, 0.05) is 6.42 Å². The van der Waals surface area contributed by atoms with E-state index in [0.29, 0.717) is 12.4 Å². The summed E-state index contributed by atoms with van der Waals surface area (Å²) in [5, 5.41) is 0. The predicted molar refractivity (Wildman–Crippen MR) is 102 cm³/mol. The third kappa shape index (κ3) is 8.33. The Morgan fingerprint density at radius 2 is 1.91 bits per heavy atom. The molecule has 0 amide bonds. The highest BCUT2D eigenvalue weighted by Gasteiger charge is 2.28. The van der Waals surface area contributed by atoms with Gasteiger partial charge >= 0.3 is 0 Å². The first-order chi connectivity index (χ1) is 10.5. The SMILES string of the molecule is C[Si](C)(C)OC1C=C(CCCSCOC(=O)[Si](C)(C)C)C(=O)C1. The van der Waals surface area contributed by atoms with Gasteiger partial charge in [-0.3, -0.25) is 9.59 Å². The molecule has 0 aromatic heterocycles. The monoisotopic (exact) mass is 374 g/mol. The normalized spacial score (nSPS) is 19.0. The highest BCUT2D eigenvalue weighted by molar-refractivity contribution is 7.99. The molecule has 0 N–H and O–H groups in total. The summed E-state index contributed by atoms with van der Waals surface area (Å²) >= 11 is 1.61. The molecule has 0 aromatic carbocycles. The number of hydrogen-bond acceptors (Lipinski definition) is 5. The van der Waals surface area contributed by atoms with Crippen LogP contribution in [0, 0.1) is 0 Å². The zero-order valence-electron chi connectivity index (χ0n) is 15.2. The summed E-state index contributed by atoms with van der Waals surface area (Å²) in [6, 6.07) is 0. The van der Waals surface area contributed by atoms with Crippen molar-refractivity contribution in [1.29, 1.82) is 0 Å². The minimum absolute atomic E-state index is 0.0190. The molecule has 7 heteroatoms. The number of carbonyl (C=O) groups is 2. The van der Waals surface area contributed by atoms with Gasteiger partial charge in [-0.25, -0.2) is 0 Å². The summed E-state index contributed by atoms with van der Waals surface area (Å²) < 4.78 is 11.2. The zero-order valence-corrected chi connectivity index (χ0v) is 18.0. The first kappa shape index (κ1) is 20.7. The summed E-state index contributed by atoms with van der Waals surface area (Å²) in [7, 11) is -3.43. The van der Waals surface area contributed by atoms with Crippen LogP contribution in [0.3, 0.4) is 0 Å². The van der Waals surface area contributed by atoms with Crippen molar-refractivity contribution in [2.45, 2.75) is 64.6 Å². The Bertz CT molecular complexity index is 464.